The highest BCUT2D eigenvalue weighted by molar-refractivity contribution is 5.92. The van der Waals surface area contributed by atoms with Gasteiger partial charge in [-0.25, -0.2) is 4.98 Å². The number of rotatable bonds is 4. The monoisotopic (exact) mass is 269 g/mol. The summed E-state index contributed by atoms with van der Waals surface area (Å²) in [6, 6.07) is 9.50. The zero-order valence-corrected chi connectivity index (χ0v) is 12.3. The van der Waals surface area contributed by atoms with Gasteiger partial charge in [0.25, 0.3) is 0 Å². The number of carbonyl (C=O) groups excluding carboxylic acids is 1. The Balaban J connectivity index is 2.17. The van der Waals surface area contributed by atoms with E-state index in [-0.39, 0.29) is 5.78 Å². The van der Waals surface area contributed by atoms with Gasteiger partial charge in [-0.2, -0.15) is 0 Å². The number of ketones is 1. The van der Waals surface area contributed by atoms with Crippen molar-refractivity contribution in [2.45, 2.75) is 33.6 Å². The van der Waals surface area contributed by atoms with Crippen molar-refractivity contribution in [3.8, 4) is 11.5 Å². The number of benzene rings is 1. The van der Waals surface area contributed by atoms with E-state index >= 15 is 0 Å². The molecule has 0 aliphatic heterocycles. The molecule has 1 aromatic heterocycles. The molecule has 0 fully saturated rings. The average molecular weight is 269 g/mol. The fourth-order valence-corrected chi connectivity index (χ4v) is 2.14. The van der Waals surface area contributed by atoms with Gasteiger partial charge in [0.1, 0.15) is 17.2 Å². The van der Waals surface area contributed by atoms with Crippen LogP contribution in [0.2, 0.25) is 0 Å². The SMILES string of the molecule is CC(=O)c1ccc(Oc2ccc(C(C)C)c(C)c2)cn1. The van der Waals surface area contributed by atoms with Gasteiger partial charge in [-0.3, -0.25) is 4.79 Å². The minimum atomic E-state index is -0.0475. The summed E-state index contributed by atoms with van der Waals surface area (Å²) in [5.74, 6) is 1.87. The molecule has 2 aromatic rings. The first kappa shape index (κ1) is 14.3. The van der Waals surface area contributed by atoms with Crippen LogP contribution in [-0.4, -0.2) is 10.8 Å². The molecule has 104 valence electrons. The number of hydrogen-bond acceptors (Lipinski definition) is 3. The Morgan fingerprint density at radius 1 is 1.15 bits per heavy atom. The highest BCUT2D eigenvalue weighted by Gasteiger charge is 2.06. The molecule has 0 aliphatic rings. The van der Waals surface area contributed by atoms with Gasteiger partial charge in [0.05, 0.1) is 6.20 Å². The third-order valence-electron chi connectivity index (χ3n) is 3.20. The summed E-state index contributed by atoms with van der Waals surface area (Å²) >= 11 is 0. The van der Waals surface area contributed by atoms with E-state index < -0.39 is 0 Å². The molecule has 0 radical (unpaired) electrons. The van der Waals surface area contributed by atoms with Gasteiger partial charge in [0.2, 0.25) is 0 Å². The van der Waals surface area contributed by atoms with Gasteiger partial charge in [0.15, 0.2) is 5.78 Å². The van der Waals surface area contributed by atoms with Crippen LogP contribution in [0.15, 0.2) is 36.5 Å². The third-order valence-corrected chi connectivity index (χ3v) is 3.20. The lowest BCUT2D eigenvalue weighted by Crippen LogP contribution is -1.96. The van der Waals surface area contributed by atoms with Crippen LogP contribution in [0.3, 0.4) is 0 Å². The highest BCUT2D eigenvalue weighted by Crippen LogP contribution is 2.26. The summed E-state index contributed by atoms with van der Waals surface area (Å²) in [5.41, 5.74) is 2.98. The zero-order chi connectivity index (χ0) is 14.7. The number of pyridine rings is 1. The molecule has 2 rings (SSSR count). The minimum absolute atomic E-state index is 0.0475. The van der Waals surface area contributed by atoms with Crippen molar-refractivity contribution in [1.82, 2.24) is 4.98 Å². The molecule has 1 aromatic carbocycles. The summed E-state index contributed by atoms with van der Waals surface area (Å²) in [6.07, 6.45) is 1.57. The van der Waals surface area contributed by atoms with E-state index in [0.717, 1.165) is 5.75 Å². The highest BCUT2D eigenvalue weighted by atomic mass is 16.5. The first-order valence-electron chi connectivity index (χ1n) is 6.72. The zero-order valence-electron chi connectivity index (χ0n) is 12.3. The smallest absolute Gasteiger partial charge is 0.178 e. The van der Waals surface area contributed by atoms with Gasteiger partial charge >= 0.3 is 0 Å². The Bertz CT molecular complexity index is 615. The standard InChI is InChI=1S/C17H19NO2/c1-11(2)16-7-5-14(9-12(16)3)20-15-6-8-17(13(4)19)18-10-15/h5-11H,1-4H3. The topological polar surface area (TPSA) is 39.2 Å². The van der Waals surface area contributed by atoms with Crippen molar-refractivity contribution in [2.75, 3.05) is 0 Å². The minimum Gasteiger partial charge on any atom is -0.456 e. The van der Waals surface area contributed by atoms with Crippen molar-refractivity contribution < 1.29 is 9.53 Å². The van der Waals surface area contributed by atoms with Crippen LogP contribution in [0.1, 0.15) is 48.3 Å². The van der Waals surface area contributed by atoms with Crippen LogP contribution in [0.5, 0.6) is 11.5 Å². The summed E-state index contributed by atoms with van der Waals surface area (Å²) in [6.45, 7) is 7.93. The number of Topliss-reactive ketones (excluding diaryl/α,β-unsaturated/α-hetero) is 1. The molecule has 1 heterocycles. The van der Waals surface area contributed by atoms with Crippen LogP contribution in [0, 0.1) is 6.92 Å². The molecule has 3 nitrogen and oxygen atoms in total. The predicted octanol–water partition coefficient (Wildman–Crippen LogP) is 4.51. The molecule has 0 saturated carbocycles. The number of nitrogens with zero attached hydrogens (tertiary/aromatic N) is 1. The first-order valence-corrected chi connectivity index (χ1v) is 6.72. The van der Waals surface area contributed by atoms with Crippen LogP contribution >= 0.6 is 0 Å². The summed E-state index contributed by atoms with van der Waals surface area (Å²) in [7, 11) is 0. The Morgan fingerprint density at radius 3 is 2.35 bits per heavy atom. The molecule has 0 aliphatic carbocycles. The van der Waals surface area contributed by atoms with Gasteiger partial charge in [0, 0.05) is 6.92 Å². The maximum Gasteiger partial charge on any atom is 0.178 e. The van der Waals surface area contributed by atoms with Gasteiger partial charge < -0.3 is 4.74 Å². The van der Waals surface area contributed by atoms with Gasteiger partial charge in [-0.15, -0.1) is 0 Å². The largest absolute Gasteiger partial charge is 0.456 e. The van der Waals surface area contributed by atoms with E-state index in [1.54, 1.807) is 18.3 Å². The fourth-order valence-electron chi connectivity index (χ4n) is 2.14. The molecule has 0 saturated heterocycles. The van der Waals surface area contributed by atoms with Crippen molar-refractivity contribution >= 4 is 5.78 Å². The van der Waals surface area contributed by atoms with E-state index in [2.05, 4.69) is 31.8 Å². The summed E-state index contributed by atoms with van der Waals surface area (Å²) in [5, 5.41) is 0. The Kier molecular flexibility index (Phi) is 4.18. The molecular formula is C17H19NO2. The number of aromatic nitrogens is 1. The predicted molar refractivity (Wildman–Crippen MR) is 79.6 cm³/mol. The second kappa shape index (κ2) is 5.87. The van der Waals surface area contributed by atoms with Gasteiger partial charge in [-0.1, -0.05) is 19.9 Å². The number of ether oxygens (including phenoxy) is 1. The summed E-state index contributed by atoms with van der Waals surface area (Å²) < 4.78 is 5.75. The molecule has 20 heavy (non-hydrogen) atoms. The lowest BCUT2D eigenvalue weighted by atomic mass is 9.98. The fraction of sp³-hybridized carbons (Fsp3) is 0.294. The van der Waals surface area contributed by atoms with E-state index in [4.69, 9.17) is 4.74 Å². The molecule has 0 spiro atoms. The van der Waals surface area contributed by atoms with E-state index in [0.29, 0.717) is 17.4 Å². The average Bonchev–Trinajstić information content (AvgIpc) is 2.39. The van der Waals surface area contributed by atoms with Crippen LogP contribution in [-0.2, 0) is 0 Å². The Labute approximate surface area is 119 Å². The Morgan fingerprint density at radius 2 is 1.85 bits per heavy atom. The molecule has 0 N–H and O–H groups in total. The molecular weight excluding hydrogens is 250 g/mol. The number of hydrogen-bond donors (Lipinski definition) is 0. The molecule has 0 atom stereocenters. The molecule has 0 bridgehead atoms. The van der Waals surface area contributed by atoms with Crippen LogP contribution in [0.25, 0.3) is 0 Å². The number of carbonyl (C=O) groups is 1. The lowest BCUT2D eigenvalue weighted by molar-refractivity contribution is 0.101. The molecule has 0 unspecified atom stereocenters. The van der Waals surface area contributed by atoms with Crippen molar-refractivity contribution in [1.29, 1.82) is 0 Å². The first-order chi connectivity index (χ1) is 9.47. The lowest BCUT2D eigenvalue weighted by Gasteiger charge is -2.12. The van der Waals surface area contributed by atoms with Gasteiger partial charge in [-0.05, 0) is 48.2 Å². The molecule has 3 heteroatoms. The second-order valence-corrected chi connectivity index (χ2v) is 5.21. The van der Waals surface area contributed by atoms with Crippen molar-refractivity contribution in [2.24, 2.45) is 0 Å². The normalized spacial score (nSPS) is 10.7. The van der Waals surface area contributed by atoms with Crippen molar-refractivity contribution in [3.63, 3.8) is 0 Å². The quantitative estimate of drug-likeness (QED) is 0.767. The Hall–Kier alpha value is -2.16. The number of aryl methyl sites for hydroxylation is 1. The van der Waals surface area contributed by atoms with E-state index in [1.165, 1.54) is 18.1 Å². The van der Waals surface area contributed by atoms with E-state index in [1.807, 2.05) is 12.1 Å². The van der Waals surface area contributed by atoms with Crippen LogP contribution in [0.4, 0.5) is 0 Å². The van der Waals surface area contributed by atoms with E-state index in [9.17, 15) is 4.79 Å². The third kappa shape index (κ3) is 3.23. The van der Waals surface area contributed by atoms with Crippen molar-refractivity contribution in [3.05, 3.63) is 53.3 Å². The maximum absolute atomic E-state index is 11.2. The maximum atomic E-state index is 11.2. The molecule has 0 amide bonds. The second-order valence-electron chi connectivity index (χ2n) is 5.21. The summed E-state index contributed by atoms with van der Waals surface area (Å²) in [4.78, 5) is 15.2. The van der Waals surface area contributed by atoms with Crippen LogP contribution < -0.4 is 4.74 Å².